The second-order valence-corrected chi connectivity index (χ2v) is 7.67. The first kappa shape index (κ1) is 18.6. The molecule has 5 nitrogen and oxygen atoms in total. The van der Waals surface area contributed by atoms with Crippen LogP contribution in [0.2, 0.25) is 0 Å². The summed E-state index contributed by atoms with van der Waals surface area (Å²) in [6, 6.07) is 5.07. The quantitative estimate of drug-likeness (QED) is 0.794. The molecule has 0 saturated carbocycles. The fraction of sp³-hybridized carbons (Fsp3) is 0.450. The summed E-state index contributed by atoms with van der Waals surface area (Å²) in [6.45, 7) is 2.94. The Morgan fingerprint density at radius 2 is 2.15 bits per heavy atom. The minimum Gasteiger partial charge on any atom is -0.497 e. The number of hydrogen-bond donors (Lipinski definition) is 2. The van der Waals surface area contributed by atoms with Crippen LogP contribution in [0.25, 0.3) is 0 Å². The highest BCUT2D eigenvalue weighted by Crippen LogP contribution is 2.33. The number of hydrogen-bond acceptors (Lipinski definition) is 4. The molecule has 1 aromatic heterocycles. The van der Waals surface area contributed by atoms with Crippen LogP contribution in [0.1, 0.15) is 29.3 Å². The van der Waals surface area contributed by atoms with Gasteiger partial charge in [-0.2, -0.15) is 0 Å². The fourth-order valence-corrected chi connectivity index (χ4v) is 4.63. The lowest BCUT2D eigenvalue weighted by atomic mass is 9.88. The van der Waals surface area contributed by atoms with Gasteiger partial charge in [0, 0.05) is 17.5 Å². The van der Waals surface area contributed by atoms with Crippen LogP contribution in [-0.4, -0.2) is 26.8 Å². The van der Waals surface area contributed by atoms with Crippen molar-refractivity contribution < 1.29 is 14.3 Å². The molecule has 0 aliphatic heterocycles. The number of fused-ring (bicyclic) bond motifs is 1. The van der Waals surface area contributed by atoms with E-state index < -0.39 is 0 Å². The van der Waals surface area contributed by atoms with Crippen molar-refractivity contribution in [3.8, 4) is 11.5 Å². The molecule has 0 radical (unpaired) electrons. The first-order valence-electron chi connectivity index (χ1n) is 8.95. The summed E-state index contributed by atoms with van der Waals surface area (Å²) in [5, 5.41) is 8.02. The molecule has 1 heterocycles. The van der Waals surface area contributed by atoms with E-state index in [1.807, 2.05) is 11.3 Å². The Labute approximate surface area is 158 Å². The number of carbonyl (C=O) groups excluding carboxylic acids is 1. The van der Waals surface area contributed by atoms with Gasteiger partial charge in [0.05, 0.1) is 19.9 Å². The van der Waals surface area contributed by atoms with Crippen LogP contribution in [0.3, 0.4) is 0 Å². The summed E-state index contributed by atoms with van der Waals surface area (Å²) in [7, 11) is 3.16. The first-order chi connectivity index (χ1) is 12.6. The normalized spacial score (nSPS) is 15.9. The van der Waals surface area contributed by atoms with Crippen molar-refractivity contribution in [3.63, 3.8) is 0 Å². The van der Waals surface area contributed by atoms with Crippen LogP contribution >= 0.6 is 11.3 Å². The van der Waals surface area contributed by atoms with E-state index in [9.17, 15) is 4.79 Å². The number of rotatable bonds is 6. The van der Waals surface area contributed by atoms with E-state index in [-0.39, 0.29) is 6.03 Å². The molecule has 3 rings (SSSR count). The molecule has 2 aromatic rings. The number of ether oxygens (including phenoxy) is 2. The molecule has 140 valence electrons. The zero-order valence-electron chi connectivity index (χ0n) is 15.6. The van der Waals surface area contributed by atoms with Crippen LogP contribution in [0.5, 0.6) is 11.5 Å². The summed E-state index contributed by atoms with van der Waals surface area (Å²) in [5.74, 6) is 2.04. The minimum absolute atomic E-state index is 0.230. The molecule has 0 saturated heterocycles. The highest BCUT2D eigenvalue weighted by Gasteiger charge is 2.19. The number of nitrogens with one attached hydrogen (secondary N) is 2. The highest BCUT2D eigenvalue weighted by molar-refractivity contribution is 7.10. The van der Waals surface area contributed by atoms with E-state index in [1.54, 1.807) is 32.4 Å². The Morgan fingerprint density at radius 1 is 1.31 bits per heavy atom. The molecule has 1 atom stereocenters. The number of carbonyl (C=O) groups is 1. The molecule has 0 bridgehead atoms. The maximum atomic E-state index is 12.2. The smallest absolute Gasteiger partial charge is 0.319 e. The van der Waals surface area contributed by atoms with Gasteiger partial charge in [-0.05, 0) is 60.2 Å². The lowest BCUT2D eigenvalue weighted by Crippen LogP contribution is -2.30. The number of amides is 2. The predicted molar refractivity (Wildman–Crippen MR) is 106 cm³/mol. The molecule has 2 N–H and O–H groups in total. The van der Waals surface area contributed by atoms with Gasteiger partial charge in [-0.15, -0.1) is 11.3 Å². The van der Waals surface area contributed by atoms with E-state index in [2.05, 4.69) is 22.9 Å². The average molecular weight is 375 g/mol. The van der Waals surface area contributed by atoms with E-state index in [0.29, 0.717) is 23.7 Å². The number of urea groups is 1. The Balaban J connectivity index is 1.52. The summed E-state index contributed by atoms with van der Waals surface area (Å²) in [4.78, 5) is 13.7. The van der Waals surface area contributed by atoms with Crippen LogP contribution in [0.4, 0.5) is 10.5 Å². The summed E-state index contributed by atoms with van der Waals surface area (Å²) >= 11 is 1.87. The molecule has 6 heteroatoms. The Hall–Kier alpha value is -2.21. The van der Waals surface area contributed by atoms with E-state index in [4.69, 9.17) is 9.47 Å². The Morgan fingerprint density at radius 3 is 2.92 bits per heavy atom. The number of thiophene rings is 1. The molecular formula is C20H26N2O3S. The first-order valence-corrected chi connectivity index (χ1v) is 9.83. The van der Waals surface area contributed by atoms with Gasteiger partial charge in [0.2, 0.25) is 0 Å². The Bertz CT molecular complexity index is 772. The lowest BCUT2D eigenvalue weighted by molar-refractivity contribution is 0.252. The van der Waals surface area contributed by atoms with Crippen molar-refractivity contribution in [2.24, 2.45) is 5.92 Å². The van der Waals surface area contributed by atoms with E-state index in [1.165, 1.54) is 35.3 Å². The third-order valence-electron chi connectivity index (χ3n) is 4.83. The second kappa shape index (κ2) is 8.45. The maximum absolute atomic E-state index is 12.2. The average Bonchev–Trinajstić information content (AvgIpc) is 3.04. The molecule has 1 aliphatic carbocycles. The predicted octanol–water partition coefficient (Wildman–Crippen LogP) is 4.25. The third kappa shape index (κ3) is 4.30. The van der Waals surface area contributed by atoms with Gasteiger partial charge < -0.3 is 20.1 Å². The van der Waals surface area contributed by atoms with Gasteiger partial charge in [-0.3, -0.25) is 0 Å². The van der Waals surface area contributed by atoms with Crippen molar-refractivity contribution in [2.75, 3.05) is 26.1 Å². The van der Waals surface area contributed by atoms with Gasteiger partial charge in [0.1, 0.15) is 11.5 Å². The number of methoxy groups -OCH3 is 2. The molecule has 2 amide bonds. The van der Waals surface area contributed by atoms with Gasteiger partial charge >= 0.3 is 6.03 Å². The standard InChI is InChI=1S/C20H26N2O3S/c1-13-4-6-16-14(12-26-19(16)10-13)8-9-21-20(23)22-17-7-5-15(24-2)11-18(17)25-3/h5,7,11-13H,4,6,8-10H2,1-3H3,(H2,21,22,23)/t13-/m0/s1. The second-order valence-electron chi connectivity index (χ2n) is 6.71. The zero-order valence-corrected chi connectivity index (χ0v) is 16.4. The van der Waals surface area contributed by atoms with Crippen LogP contribution in [-0.2, 0) is 19.3 Å². The molecule has 1 aliphatic rings. The fourth-order valence-electron chi connectivity index (χ4n) is 3.33. The highest BCUT2D eigenvalue weighted by atomic mass is 32.1. The van der Waals surface area contributed by atoms with Crippen LogP contribution < -0.4 is 20.1 Å². The molecule has 0 fully saturated rings. The lowest BCUT2D eigenvalue weighted by Gasteiger charge is -2.19. The van der Waals surface area contributed by atoms with Gasteiger partial charge in [0.25, 0.3) is 0 Å². The SMILES string of the molecule is COc1ccc(NC(=O)NCCc2csc3c2CC[C@H](C)C3)c(OC)c1. The molecule has 1 aromatic carbocycles. The number of benzene rings is 1. The third-order valence-corrected chi connectivity index (χ3v) is 5.93. The zero-order chi connectivity index (χ0) is 18.5. The topological polar surface area (TPSA) is 59.6 Å². The van der Waals surface area contributed by atoms with E-state index in [0.717, 1.165) is 12.3 Å². The van der Waals surface area contributed by atoms with Crippen molar-refractivity contribution >= 4 is 23.1 Å². The van der Waals surface area contributed by atoms with Crippen LogP contribution in [0, 0.1) is 5.92 Å². The van der Waals surface area contributed by atoms with Crippen molar-refractivity contribution in [3.05, 3.63) is 39.6 Å². The van der Waals surface area contributed by atoms with Gasteiger partial charge in [-0.1, -0.05) is 6.92 Å². The van der Waals surface area contributed by atoms with Crippen molar-refractivity contribution in [1.82, 2.24) is 5.32 Å². The maximum Gasteiger partial charge on any atom is 0.319 e. The largest absolute Gasteiger partial charge is 0.497 e. The summed E-state index contributed by atoms with van der Waals surface area (Å²) in [5.41, 5.74) is 3.53. The van der Waals surface area contributed by atoms with Gasteiger partial charge in [0.15, 0.2) is 0 Å². The number of anilines is 1. The molecule has 0 spiro atoms. The monoisotopic (exact) mass is 374 g/mol. The van der Waals surface area contributed by atoms with Crippen molar-refractivity contribution in [2.45, 2.75) is 32.6 Å². The van der Waals surface area contributed by atoms with Crippen molar-refractivity contribution in [1.29, 1.82) is 0 Å². The van der Waals surface area contributed by atoms with E-state index >= 15 is 0 Å². The van der Waals surface area contributed by atoms with Crippen LogP contribution in [0.15, 0.2) is 23.6 Å². The molecule has 26 heavy (non-hydrogen) atoms. The molecular weight excluding hydrogens is 348 g/mol. The Kier molecular flexibility index (Phi) is 6.04. The summed E-state index contributed by atoms with van der Waals surface area (Å²) in [6.07, 6.45) is 4.51. The minimum atomic E-state index is -0.230. The summed E-state index contributed by atoms with van der Waals surface area (Å²) < 4.78 is 10.5. The van der Waals surface area contributed by atoms with Gasteiger partial charge in [-0.25, -0.2) is 4.79 Å². The molecule has 0 unspecified atom stereocenters.